The van der Waals surface area contributed by atoms with Gasteiger partial charge in [0.15, 0.2) is 9.75 Å². The molecular weight excluding hydrogens is 618 g/mol. The predicted octanol–water partition coefficient (Wildman–Crippen LogP) is 4.21. The summed E-state index contributed by atoms with van der Waals surface area (Å²) in [7, 11) is 1.05. The number of halogens is 3. The van der Waals surface area contributed by atoms with Gasteiger partial charge in [0.05, 0.1) is 30.9 Å². The molecule has 0 spiro atoms. The molecule has 6 unspecified atom stereocenters. The number of anilines is 1. The Morgan fingerprint density at radius 2 is 1.77 bits per heavy atom. The Labute approximate surface area is 259 Å². The number of alkyl halides is 2. The van der Waals surface area contributed by atoms with E-state index in [4.69, 9.17) is 27.9 Å². The Hall–Kier alpha value is -4.22. The molecule has 1 N–H and O–H groups in total. The van der Waals surface area contributed by atoms with Gasteiger partial charge in [0.25, 0.3) is 11.8 Å². The molecule has 0 bridgehead atoms. The molecule has 7 rings (SSSR count). The lowest BCUT2D eigenvalue weighted by molar-refractivity contribution is -0.138. The molecule has 2 aromatic rings. The van der Waals surface area contributed by atoms with Gasteiger partial charge in [0.2, 0.25) is 11.8 Å². The van der Waals surface area contributed by atoms with Crippen molar-refractivity contribution in [3.8, 4) is 11.5 Å². The Bertz CT molecular complexity index is 1760. The minimum atomic E-state index is -2.13. The molecule has 13 heteroatoms. The van der Waals surface area contributed by atoms with Crippen molar-refractivity contribution < 1.29 is 42.9 Å². The monoisotopic (exact) mass is 640 g/mol. The van der Waals surface area contributed by atoms with E-state index < -0.39 is 69.0 Å². The first-order valence-corrected chi connectivity index (χ1v) is 14.5. The standard InChI is InChI=1S/C31H23Cl2FN2O8/c1-43-29(42)36-25(38)20-8-7-19-21(23(20)26(36)39)12-30(32)27(40)35(17-4-2-16(34)3-5-17)28(41)31(30,33)24(19)15-10-14-11-18(37)6-9-22(14)44-13-15/h2-7,9,11,13,20-21,23-24,37H,8,10,12H2,1H3. The lowest BCUT2D eigenvalue weighted by atomic mass is 9.56. The zero-order valence-corrected chi connectivity index (χ0v) is 24.5. The van der Waals surface area contributed by atoms with Gasteiger partial charge in [0.1, 0.15) is 17.3 Å². The Morgan fingerprint density at radius 3 is 2.48 bits per heavy atom. The second kappa shape index (κ2) is 9.64. The number of ether oxygens (including phenoxy) is 2. The zero-order chi connectivity index (χ0) is 31.3. The maximum absolute atomic E-state index is 14.4. The number of allylic oxidation sites excluding steroid dienone is 3. The highest BCUT2D eigenvalue weighted by Crippen LogP contribution is 2.65. The summed E-state index contributed by atoms with van der Waals surface area (Å²) in [5.41, 5.74) is 1.58. The summed E-state index contributed by atoms with van der Waals surface area (Å²) in [4.78, 5) is 65.0. The highest BCUT2D eigenvalue weighted by atomic mass is 35.5. The first-order chi connectivity index (χ1) is 20.9. The molecule has 0 radical (unpaired) electrons. The van der Waals surface area contributed by atoms with Gasteiger partial charge in [-0.25, -0.2) is 14.1 Å². The van der Waals surface area contributed by atoms with Crippen LogP contribution in [0.5, 0.6) is 11.5 Å². The third-order valence-corrected chi connectivity index (χ3v) is 10.8. The minimum Gasteiger partial charge on any atom is -0.508 e. The van der Waals surface area contributed by atoms with E-state index in [-0.39, 0.29) is 30.7 Å². The van der Waals surface area contributed by atoms with Crippen LogP contribution in [0.1, 0.15) is 18.4 Å². The minimum absolute atomic E-state index is 0.0188. The van der Waals surface area contributed by atoms with Gasteiger partial charge >= 0.3 is 6.09 Å². The van der Waals surface area contributed by atoms with Crippen LogP contribution in [0.25, 0.3) is 0 Å². The summed E-state index contributed by atoms with van der Waals surface area (Å²) >= 11 is 14.6. The van der Waals surface area contributed by atoms with Gasteiger partial charge in [0, 0.05) is 17.9 Å². The summed E-state index contributed by atoms with van der Waals surface area (Å²) in [6.07, 6.45) is 1.92. The predicted molar refractivity (Wildman–Crippen MR) is 152 cm³/mol. The van der Waals surface area contributed by atoms with Crippen LogP contribution in [0.3, 0.4) is 0 Å². The van der Waals surface area contributed by atoms with E-state index in [0.29, 0.717) is 27.4 Å². The van der Waals surface area contributed by atoms with E-state index in [1.54, 1.807) is 12.1 Å². The third-order valence-electron chi connectivity index (χ3n) is 9.40. The van der Waals surface area contributed by atoms with Crippen molar-refractivity contribution in [2.24, 2.45) is 23.7 Å². The quantitative estimate of drug-likeness (QED) is 0.293. The Morgan fingerprint density at radius 1 is 1.05 bits per heavy atom. The summed E-state index contributed by atoms with van der Waals surface area (Å²) in [5.74, 6) is -7.34. The largest absolute Gasteiger partial charge is 0.508 e. The van der Waals surface area contributed by atoms with Crippen LogP contribution in [0, 0.1) is 29.5 Å². The lowest BCUT2D eigenvalue weighted by Gasteiger charge is -2.51. The fourth-order valence-corrected chi connectivity index (χ4v) is 8.43. The second-order valence-electron chi connectivity index (χ2n) is 11.5. The lowest BCUT2D eigenvalue weighted by Crippen LogP contribution is -2.61. The van der Waals surface area contributed by atoms with Gasteiger partial charge in [-0.2, -0.15) is 4.90 Å². The van der Waals surface area contributed by atoms with Crippen LogP contribution in [0.15, 0.2) is 65.9 Å². The topological polar surface area (TPSA) is 131 Å². The van der Waals surface area contributed by atoms with Crippen LogP contribution < -0.4 is 9.64 Å². The van der Waals surface area contributed by atoms with E-state index in [9.17, 15) is 33.5 Å². The summed E-state index contributed by atoms with van der Waals surface area (Å²) in [5, 5.41) is 10.1. The van der Waals surface area contributed by atoms with E-state index in [1.165, 1.54) is 30.5 Å². The van der Waals surface area contributed by atoms with Gasteiger partial charge in [-0.1, -0.05) is 11.6 Å². The van der Waals surface area contributed by atoms with Crippen molar-refractivity contribution in [2.45, 2.75) is 29.0 Å². The van der Waals surface area contributed by atoms with Crippen molar-refractivity contribution in [1.82, 2.24) is 4.90 Å². The van der Waals surface area contributed by atoms with Crippen LogP contribution in [0.2, 0.25) is 0 Å². The molecule has 1 saturated carbocycles. The summed E-state index contributed by atoms with van der Waals surface area (Å²) < 4.78 is 24.4. The molecule has 2 aliphatic carbocycles. The van der Waals surface area contributed by atoms with Gasteiger partial charge in [-0.15, -0.1) is 23.2 Å². The number of carbonyl (C=O) groups is 5. The second-order valence-corrected chi connectivity index (χ2v) is 12.8. The number of aromatic hydroxyl groups is 1. The number of nitrogens with zero attached hydrogens (tertiary/aromatic N) is 2. The first-order valence-electron chi connectivity index (χ1n) is 13.8. The number of phenols is 1. The SMILES string of the molecule is COC(=O)N1C(=O)C2CC=C3C(CC4(Cl)C(=O)N(c5ccc(F)cc5)C(=O)C4(Cl)C3C3=COc4ccc(O)cc4C3)C2C1=O. The van der Waals surface area contributed by atoms with E-state index >= 15 is 0 Å². The fraction of sp³-hybridized carbons (Fsp3) is 0.323. The maximum Gasteiger partial charge on any atom is 0.423 e. The van der Waals surface area contributed by atoms with Crippen molar-refractivity contribution in [3.63, 3.8) is 0 Å². The van der Waals surface area contributed by atoms with Crippen LogP contribution in [-0.4, -0.2) is 56.6 Å². The number of phenolic OH excluding ortho intramolecular Hbond substituents is 1. The highest BCUT2D eigenvalue weighted by molar-refractivity contribution is 6.58. The van der Waals surface area contributed by atoms with Crippen LogP contribution >= 0.6 is 23.2 Å². The third kappa shape index (κ3) is 3.62. The zero-order valence-electron chi connectivity index (χ0n) is 23.0. The normalized spacial score (nSPS) is 32.3. The molecule has 3 fully saturated rings. The number of likely N-dealkylation sites (tertiary alicyclic amines) is 1. The number of benzene rings is 2. The molecule has 44 heavy (non-hydrogen) atoms. The molecule has 5 amide bonds. The van der Waals surface area contributed by atoms with Crippen molar-refractivity contribution in [2.75, 3.05) is 12.0 Å². The molecule has 0 aromatic heterocycles. The molecule has 10 nitrogen and oxygen atoms in total. The summed E-state index contributed by atoms with van der Waals surface area (Å²) in [6, 6.07) is 9.25. The number of fused-ring (bicyclic) bond motifs is 5. The summed E-state index contributed by atoms with van der Waals surface area (Å²) in [6.45, 7) is 0. The van der Waals surface area contributed by atoms with Gasteiger partial charge in [-0.05, 0) is 66.8 Å². The van der Waals surface area contributed by atoms with E-state index in [1.807, 2.05) is 0 Å². The maximum atomic E-state index is 14.4. The molecule has 3 aliphatic heterocycles. The number of methoxy groups -OCH3 is 1. The number of amides is 5. The number of imide groups is 4. The Kier molecular flexibility index (Phi) is 6.25. The molecule has 2 saturated heterocycles. The molecular formula is C31H23Cl2FN2O8. The molecule has 5 aliphatic rings. The van der Waals surface area contributed by atoms with Gasteiger partial charge < -0.3 is 14.6 Å². The van der Waals surface area contributed by atoms with Crippen molar-refractivity contribution in [1.29, 1.82) is 0 Å². The van der Waals surface area contributed by atoms with Crippen LogP contribution in [-0.2, 0) is 30.3 Å². The average Bonchev–Trinajstić information content (AvgIpc) is 3.34. The van der Waals surface area contributed by atoms with Crippen molar-refractivity contribution in [3.05, 3.63) is 77.3 Å². The molecule has 3 heterocycles. The molecule has 6 atom stereocenters. The number of carbonyl (C=O) groups excluding carboxylic acids is 5. The van der Waals surface area contributed by atoms with Gasteiger partial charge in [-0.3, -0.25) is 19.2 Å². The molecule has 2 aromatic carbocycles. The van der Waals surface area contributed by atoms with E-state index in [2.05, 4.69) is 4.74 Å². The number of rotatable bonds is 2. The Balaban J connectivity index is 1.40. The number of hydrogen-bond acceptors (Lipinski definition) is 8. The average molecular weight is 641 g/mol. The smallest absolute Gasteiger partial charge is 0.423 e. The fourth-order valence-electron chi connectivity index (χ4n) is 7.48. The first kappa shape index (κ1) is 28.5. The number of hydrogen-bond donors (Lipinski definition) is 1. The molecule has 226 valence electrons. The van der Waals surface area contributed by atoms with E-state index in [0.717, 1.165) is 24.1 Å². The highest BCUT2D eigenvalue weighted by Gasteiger charge is 2.77. The van der Waals surface area contributed by atoms with Crippen molar-refractivity contribution >= 4 is 58.6 Å². The van der Waals surface area contributed by atoms with Crippen LogP contribution in [0.4, 0.5) is 14.9 Å².